The van der Waals surface area contributed by atoms with E-state index in [1.165, 1.54) is 5.52 Å². The number of methoxy groups -OCH3 is 1. The van der Waals surface area contributed by atoms with Gasteiger partial charge in [0.2, 0.25) is 0 Å². The Morgan fingerprint density at radius 1 is 1.20 bits per heavy atom. The molecule has 100 valence electrons. The minimum atomic E-state index is 0.197. The maximum absolute atomic E-state index is 12.2. The van der Waals surface area contributed by atoms with Gasteiger partial charge in [-0.25, -0.2) is 0 Å². The molecule has 4 rings (SSSR count). The number of benzene rings is 2. The molecule has 0 saturated carbocycles. The molecule has 20 heavy (non-hydrogen) atoms. The van der Waals surface area contributed by atoms with E-state index >= 15 is 0 Å². The molecule has 2 heterocycles. The predicted octanol–water partition coefficient (Wildman–Crippen LogP) is 4.15. The number of nitrogens with zero attached hydrogens (tertiary/aromatic N) is 1. The molecule has 0 aliphatic carbocycles. The van der Waals surface area contributed by atoms with Crippen molar-refractivity contribution in [2.45, 2.75) is 13.0 Å². The van der Waals surface area contributed by atoms with Gasteiger partial charge in [-0.15, -0.1) is 0 Å². The number of carbonyl (C=O) groups excluding carboxylic acids is 1. The van der Waals surface area contributed by atoms with Crippen molar-refractivity contribution in [1.29, 1.82) is 0 Å². The zero-order chi connectivity index (χ0) is 13.9. The topological polar surface area (TPSA) is 31.2 Å². The first kappa shape index (κ1) is 12.0. The summed E-state index contributed by atoms with van der Waals surface area (Å²) in [5.74, 6) is 0.935. The van der Waals surface area contributed by atoms with Gasteiger partial charge in [-0.05, 0) is 30.3 Å². The van der Waals surface area contributed by atoms with Crippen molar-refractivity contribution in [1.82, 2.24) is 4.57 Å². The van der Waals surface area contributed by atoms with Gasteiger partial charge in [0.1, 0.15) is 5.75 Å². The summed E-state index contributed by atoms with van der Waals surface area (Å²) in [6.07, 6.45) is 0.551. The first-order chi connectivity index (χ1) is 9.69. The molecular formula is C16H12BrNO2. The van der Waals surface area contributed by atoms with Crippen molar-refractivity contribution in [2.24, 2.45) is 0 Å². The summed E-state index contributed by atoms with van der Waals surface area (Å²) in [5.41, 5.74) is 2.98. The fourth-order valence-electron chi connectivity index (χ4n) is 3.09. The summed E-state index contributed by atoms with van der Waals surface area (Å²) in [5, 5.41) is 2.24. The third-order valence-electron chi connectivity index (χ3n) is 3.99. The summed E-state index contributed by atoms with van der Waals surface area (Å²) >= 11 is 3.52. The van der Waals surface area contributed by atoms with E-state index in [1.807, 2.05) is 18.2 Å². The molecular weight excluding hydrogens is 318 g/mol. The van der Waals surface area contributed by atoms with Crippen LogP contribution < -0.4 is 4.74 Å². The van der Waals surface area contributed by atoms with Crippen LogP contribution in [-0.2, 0) is 6.54 Å². The zero-order valence-electron chi connectivity index (χ0n) is 10.9. The Morgan fingerprint density at radius 3 is 2.85 bits per heavy atom. The molecule has 0 unspecified atom stereocenters. The largest absolute Gasteiger partial charge is 0.497 e. The smallest absolute Gasteiger partial charge is 0.166 e. The zero-order valence-corrected chi connectivity index (χ0v) is 12.5. The van der Waals surface area contributed by atoms with Crippen LogP contribution in [0.5, 0.6) is 5.75 Å². The van der Waals surface area contributed by atoms with Crippen LogP contribution in [0.25, 0.3) is 21.8 Å². The molecule has 1 aliphatic rings. The normalized spacial score (nSPS) is 14.2. The second-order valence-electron chi connectivity index (χ2n) is 5.06. The average molecular weight is 330 g/mol. The highest BCUT2D eigenvalue weighted by Crippen LogP contribution is 2.38. The minimum Gasteiger partial charge on any atom is -0.497 e. The van der Waals surface area contributed by atoms with Crippen LogP contribution in [0.1, 0.15) is 16.8 Å². The first-order valence-electron chi connectivity index (χ1n) is 6.52. The number of hydrogen-bond acceptors (Lipinski definition) is 2. The van der Waals surface area contributed by atoms with Crippen molar-refractivity contribution < 1.29 is 9.53 Å². The van der Waals surface area contributed by atoms with Crippen LogP contribution in [-0.4, -0.2) is 17.5 Å². The number of hydrogen-bond donors (Lipinski definition) is 0. The molecule has 1 aromatic heterocycles. The van der Waals surface area contributed by atoms with E-state index in [-0.39, 0.29) is 5.78 Å². The fourth-order valence-corrected chi connectivity index (χ4v) is 3.46. The highest BCUT2D eigenvalue weighted by atomic mass is 79.9. The number of aromatic nitrogens is 1. The lowest BCUT2D eigenvalue weighted by Gasteiger charge is -2.16. The number of ketones is 1. The third kappa shape index (κ3) is 1.48. The van der Waals surface area contributed by atoms with E-state index in [0.29, 0.717) is 6.42 Å². The fraction of sp³-hybridized carbons (Fsp3) is 0.188. The Hall–Kier alpha value is -1.81. The molecule has 0 atom stereocenters. The van der Waals surface area contributed by atoms with Crippen LogP contribution >= 0.6 is 15.9 Å². The Morgan fingerprint density at radius 2 is 2.05 bits per heavy atom. The molecule has 0 fully saturated rings. The maximum Gasteiger partial charge on any atom is 0.166 e. The quantitative estimate of drug-likeness (QED) is 0.671. The van der Waals surface area contributed by atoms with Gasteiger partial charge in [-0.3, -0.25) is 4.79 Å². The van der Waals surface area contributed by atoms with Gasteiger partial charge in [0.25, 0.3) is 0 Å². The third-order valence-corrected chi connectivity index (χ3v) is 4.48. The molecule has 3 aromatic rings. The van der Waals surface area contributed by atoms with Crippen molar-refractivity contribution >= 4 is 43.5 Å². The Labute approximate surface area is 124 Å². The van der Waals surface area contributed by atoms with Gasteiger partial charge in [0, 0.05) is 39.3 Å². The monoisotopic (exact) mass is 329 g/mol. The van der Waals surface area contributed by atoms with E-state index in [2.05, 4.69) is 32.6 Å². The summed E-state index contributed by atoms with van der Waals surface area (Å²) in [6, 6.07) is 10.1. The van der Waals surface area contributed by atoms with Gasteiger partial charge in [0.15, 0.2) is 5.78 Å². The number of Topliss-reactive ketones (excluding diaryl/α,β-unsaturated/α-hetero) is 1. The van der Waals surface area contributed by atoms with Crippen molar-refractivity contribution in [3.05, 3.63) is 40.4 Å². The number of aryl methyl sites for hydroxylation is 1. The Balaban J connectivity index is 2.27. The van der Waals surface area contributed by atoms with Gasteiger partial charge in [0.05, 0.1) is 12.6 Å². The molecule has 3 nitrogen and oxygen atoms in total. The van der Waals surface area contributed by atoms with Gasteiger partial charge in [-0.1, -0.05) is 15.9 Å². The number of carbonyl (C=O) groups is 1. The summed E-state index contributed by atoms with van der Waals surface area (Å²) in [7, 11) is 1.64. The molecule has 0 amide bonds. The lowest BCUT2D eigenvalue weighted by molar-refractivity contribution is 0.0973. The summed E-state index contributed by atoms with van der Waals surface area (Å²) in [4.78, 5) is 12.2. The van der Waals surface area contributed by atoms with Gasteiger partial charge >= 0.3 is 0 Å². The van der Waals surface area contributed by atoms with Crippen LogP contribution in [0.15, 0.2) is 34.8 Å². The molecule has 0 saturated heterocycles. The Bertz CT molecular complexity index is 879. The first-order valence-corrected chi connectivity index (χ1v) is 7.31. The highest BCUT2D eigenvalue weighted by molar-refractivity contribution is 9.10. The molecule has 0 spiro atoms. The summed E-state index contributed by atoms with van der Waals surface area (Å²) in [6.45, 7) is 0.750. The lowest BCUT2D eigenvalue weighted by atomic mass is 10.0. The van der Waals surface area contributed by atoms with Crippen LogP contribution in [0.4, 0.5) is 0 Å². The van der Waals surface area contributed by atoms with Crippen molar-refractivity contribution in [3.8, 4) is 5.75 Å². The highest BCUT2D eigenvalue weighted by Gasteiger charge is 2.23. The van der Waals surface area contributed by atoms with E-state index < -0.39 is 0 Å². The van der Waals surface area contributed by atoms with Crippen LogP contribution in [0.2, 0.25) is 0 Å². The second-order valence-corrected chi connectivity index (χ2v) is 5.97. The predicted molar refractivity (Wildman–Crippen MR) is 82.6 cm³/mol. The standard InChI is InChI=1S/C16H12BrNO2/c1-20-10-7-12-11-6-9(17)2-3-14(11)18-5-4-15(19)13(8-10)16(12)18/h2-3,6-8H,4-5H2,1H3. The molecule has 0 radical (unpaired) electrons. The van der Waals surface area contributed by atoms with Crippen molar-refractivity contribution in [2.75, 3.05) is 7.11 Å². The molecule has 0 bridgehead atoms. The van der Waals surface area contributed by atoms with E-state index in [0.717, 1.165) is 38.6 Å². The minimum absolute atomic E-state index is 0.197. The summed E-state index contributed by atoms with van der Waals surface area (Å²) < 4.78 is 8.64. The van der Waals surface area contributed by atoms with E-state index in [4.69, 9.17) is 4.74 Å². The molecule has 4 heteroatoms. The number of rotatable bonds is 1. The molecule has 2 aromatic carbocycles. The van der Waals surface area contributed by atoms with Crippen LogP contribution in [0.3, 0.4) is 0 Å². The van der Waals surface area contributed by atoms with Crippen LogP contribution in [0, 0.1) is 0 Å². The van der Waals surface area contributed by atoms with E-state index in [9.17, 15) is 4.79 Å². The van der Waals surface area contributed by atoms with Crippen molar-refractivity contribution in [3.63, 3.8) is 0 Å². The number of ether oxygens (including phenoxy) is 1. The second kappa shape index (κ2) is 4.09. The van der Waals surface area contributed by atoms with E-state index in [1.54, 1.807) is 7.11 Å². The lowest BCUT2D eigenvalue weighted by Crippen LogP contribution is -2.14. The maximum atomic E-state index is 12.2. The average Bonchev–Trinajstić information content (AvgIpc) is 2.77. The number of fused-ring (bicyclic) bond motifs is 3. The molecule has 1 aliphatic heterocycles. The number of halogens is 1. The van der Waals surface area contributed by atoms with Gasteiger partial charge in [-0.2, -0.15) is 0 Å². The molecule has 0 N–H and O–H groups in total. The SMILES string of the molecule is COc1cc2c3c(c1)c1cc(Br)ccc1n3CCC2=O. The Kier molecular flexibility index (Phi) is 2.45. The van der Waals surface area contributed by atoms with Gasteiger partial charge < -0.3 is 9.30 Å².